The zero-order chi connectivity index (χ0) is 13.5. The normalized spacial score (nSPS) is 11.7. The highest BCUT2D eigenvalue weighted by atomic mass is 16.5. The van der Waals surface area contributed by atoms with Crippen LogP contribution in [0.15, 0.2) is 18.3 Å². The van der Waals surface area contributed by atoms with Crippen LogP contribution >= 0.6 is 0 Å². The van der Waals surface area contributed by atoms with Crippen LogP contribution in [0.5, 0.6) is 0 Å². The second-order valence-corrected chi connectivity index (χ2v) is 3.82. The lowest BCUT2D eigenvalue weighted by Crippen LogP contribution is -2.36. The molecule has 1 heterocycles. The van der Waals surface area contributed by atoms with E-state index in [1.165, 1.54) is 19.2 Å². The molecule has 98 valence electrons. The molecule has 0 radical (unpaired) electrons. The summed E-state index contributed by atoms with van der Waals surface area (Å²) in [6.45, 7) is 4.01. The summed E-state index contributed by atoms with van der Waals surface area (Å²) in [5.74, 6) is -0.963. The molecular weight excluding hydrogens is 234 g/mol. The third-order valence-corrected chi connectivity index (χ3v) is 2.20. The van der Waals surface area contributed by atoms with Gasteiger partial charge in [0.2, 0.25) is 0 Å². The summed E-state index contributed by atoms with van der Waals surface area (Å²) < 4.78 is 4.98. The number of anilines is 1. The molecule has 0 saturated carbocycles. The Hall–Kier alpha value is -2.11. The van der Waals surface area contributed by atoms with E-state index in [1.54, 1.807) is 6.07 Å². The molecule has 6 nitrogen and oxygen atoms in total. The van der Waals surface area contributed by atoms with E-state index in [9.17, 15) is 9.59 Å². The molecule has 0 aliphatic heterocycles. The molecule has 1 amide bonds. The molecule has 0 saturated heterocycles. The van der Waals surface area contributed by atoms with Crippen LogP contribution in [0.25, 0.3) is 0 Å². The Labute approximate surface area is 106 Å². The zero-order valence-corrected chi connectivity index (χ0v) is 10.5. The van der Waals surface area contributed by atoms with Gasteiger partial charge in [-0.1, -0.05) is 6.92 Å². The van der Waals surface area contributed by atoms with E-state index in [0.717, 1.165) is 6.42 Å². The second-order valence-electron chi connectivity index (χ2n) is 3.82. The summed E-state index contributed by atoms with van der Waals surface area (Å²) in [5.41, 5.74) is 6.04. The third kappa shape index (κ3) is 4.04. The van der Waals surface area contributed by atoms with Gasteiger partial charge in [-0.25, -0.2) is 9.78 Å². The molecule has 3 N–H and O–H groups in total. The first kappa shape index (κ1) is 14.0. The van der Waals surface area contributed by atoms with Gasteiger partial charge in [0, 0.05) is 6.54 Å². The summed E-state index contributed by atoms with van der Waals surface area (Å²) in [4.78, 5) is 27.0. The number of aromatic nitrogens is 1. The van der Waals surface area contributed by atoms with Crippen LogP contribution in [-0.4, -0.2) is 29.5 Å². The van der Waals surface area contributed by atoms with Crippen molar-refractivity contribution < 1.29 is 14.3 Å². The first-order chi connectivity index (χ1) is 8.54. The third-order valence-electron chi connectivity index (χ3n) is 2.20. The monoisotopic (exact) mass is 251 g/mol. The van der Waals surface area contributed by atoms with Gasteiger partial charge in [0.1, 0.15) is 5.69 Å². The molecular formula is C12H17N3O3. The van der Waals surface area contributed by atoms with Crippen molar-refractivity contribution in [3.05, 3.63) is 24.0 Å². The van der Waals surface area contributed by atoms with Crippen molar-refractivity contribution in [3.8, 4) is 0 Å². The van der Waals surface area contributed by atoms with Crippen molar-refractivity contribution in [2.24, 2.45) is 0 Å². The number of carbonyl (C=O) groups is 2. The SMILES string of the molecule is CCCNC(=O)C(C)OC(=O)c1ccc(N)cn1. The van der Waals surface area contributed by atoms with E-state index in [-0.39, 0.29) is 11.6 Å². The topological polar surface area (TPSA) is 94.3 Å². The molecule has 1 unspecified atom stereocenters. The summed E-state index contributed by atoms with van der Waals surface area (Å²) >= 11 is 0. The van der Waals surface area contributed by atoms with Crippen molar-refractivity contribution in [1.82, 2.24) is 10.3 Å². The van der Waals surface area contributed by atoms with Crippen LogP contribution < -0.4 is 11.1 Å². The van der Waals surface area contributed by atoms with E-state index < -0.39 is 12.1 Å². The second kappa shape index (κ2) is 6.58. The minimum Gasteiger partial charge on any atom is -0.448 e. The van der Waals surface area contributed by atoms with Crippen molar-refractivity contribution in [3.63, 3.8) is 0 Å². The first-order valence-corrected chi connectivity index (χ1v) is 5.74. The molecule has 1 aromatic heterocycles. The van der Waals surface area contributed by atoms with Crippen molar-refractivity contribution in [2.45, 2.75) is 26.4 Å². The molecule has 6 heteroatoms. The van der Waals surface area contributed by atoms with Gasteiger partial charge >= 0.3 is 5.97 Å². The fourth-order valence-corrected chi connectivity index (χ4v) is 1.19. The highest BCUT2D eigenvalue weighted by molar-refractivity contribution is 5.90. The summed E-state index contributed by atoms with van der Waals surface area (Å²) in [5, 5.41) is 2.64. The number of nitrogens with two attached hydrogens (primary N) is 1. The smallest absolute Gasteiger partial charge is 0.357 e. The van der Waals surface area contributed by atoms with Crippen molar-refractivity contribution >= 4 is 17.6 Å². The van der Waals surface area contributed by atoms with Gasteiger partial charge in [-0.2, -0.15) is 0 Å². The van der Waals surface area contributed by atoms with Crippen LogP contribution in [0.1, 0.15) is 30.8 Å². The number of esters is 1. The average molecular weight is 251 g/mol. The predicted molar refractivity (Wildman–Crippen MR) is 66.8 cm³/mol. The van der Waals surface area contributed by atoms with Crippen LogP contribution in [0.3, 0.4) is 0 Å². The zero-order valence-electron chi connectivity index (χ0n) is 10.5. The maximum absolute atomic E-state index is 11.6. The van der Waals surface area contributed by atoms with Gasteiger partial charge in [0.15, 0.2) is 6.10 Å². The van der Waals surface area contributed by atoms with Gasteiger partial charge < -0.3 is 15.8 Å². The average Bonchev–Trinajstić information content (AvgIpc) is 2.36. The van der Waals surface area contributed by atoms with Gasteiger partial charge in [0.25, 0.3) is 5.91 Å². The van der Waals surface area contributed by atoms with Gasteiger partial charge in [-0.15, -0.1) is 0 Å². The number of hydrogen-bond donors (Lipinski definition) is 2. The molecule has 1 atom stereocenters. The minimum atomic E-state index is -0.844. The first-order valence-electron chi connectivity index (χ1n) is 5.74. The quantitative estimate of drug-likeness (QED) is 0.752. The Bertz CT molecular complexity index is 417. The summed E-state index contributed by atoms with van der Waals surface area (Å²) in [7, 11) is 0. The molecule has 0 fully saturated rings. The van der Waals surface area contributed by atoms with Crippen molar-refractivity contribution in [2.75, 3.05) is 12.3 Å². The summed E-state index contributed by atoms with van der Waals surface area (Å²) in [6, 6.07) is 3.00. The highest BCUT2D eigenvalue weighted by Crippen LogP contribution is 2.04. The Balaban J connectivity index is 2.53. The largest absolute Gasteiger partial charge is 0.448 e. The van der Waals surface area contributed by atoms with E-state index in [2.05, 4.69) is 10.3 Å². The van der Waals surface area contributed by atoms with Crippen LogP contribution in [0.4, 0.5) is 5.69 Å². The molecule has 0 aliphatic rings. The number of ether oxygens (including phenoxy) is 1. The van der Waals surface area contributed by atoms with Gasteiger partial charge in [-0.05, 0) is 25.5 Å². The lowest BCUT2D eigenvalue weighted by Gasteiger charge is -2.12. The van der Waals surface area contributed by atoms with E-state index in [1.807, 2.05) is 6.92 Å². The molecule has 1 aromatic rings. The number of rotatable bonds is 5. The molecule has 1 rings (SSSR count). The minimum absolute atomic E-state index is 0.124. The van der Waals surface area contributed by atoms with E-state index in [4.69, 9.17) is 10.5 Å². The lowest BCUT2D eigenvalue weighted by atomic mass is 10.3. The Morgan fingerprint density at radius 1 is 1.50 bits per heavy atom. The Kier molecular flexibility index (Phi) is 5.10. The van der Waals surface area contributed by atoms with E-state index in [0.29, 0.717) is 12.2 Å². The number of nitrogen functional groups attached to an aromatic ring is 1. The molecule has 0 spiro atoms. The van der Waals surface area contributed by atoms with Crippen LogP contribution in [0, 0.1) is 0 Å². The molecule has 0 bridgehead atoms. The fourth-order valence-electron chi connectivity index (χ4n) is 1.19. The molecule has 18 heavy (non-hydrogen) atoms. The number of nitrogens with zero attached hydrogens (tertiary/aromatic N) is 1. The predicted octanol–water partition coefficient (Wildman–Crippen LogP) is 0.735. The number of carbonyl (C=O) groups excluding carboxylic acids is 2. The maximum Gasteiger partial charge on any atom is 0.357 e. The van der Waals surface area contributed by atoms with Gasteiger partial charge in [0.05, 0.1) is 11.9 Å². The van der Waals surface area contributed by atoms with Crippen LogP contribution in [0.2, 0.25) is 0 Å². The van der Waals surface area contributed by atoms with Crippen LogP contribution in [-0.2, 0) is 9.53 Å². The highest BCUT2D eigenvalue weighted by Gasteiger charge is 2.18. The molecule has 0 aromatic carbocycles. The number of amides is 1. The number of nitrogens with one attached hydrogen (secondary N) is 1. The van der Waals surface area contributed by atoms with Crippen molar-refractivity contribution in [1.29, 1.82) is 0 Å². The summed E-state index contributed by atoms with van der Waals surface area (Å²) in [6.07, 6.45) is 1.34. The molecule has 0 aliphatic carbocycles. The standard InChI is InChI=1S/C12H17N3O3/c1-3-6-14-11(16)8(2)18-12(17)10-5-4-9(13)7-15-10/h4-5,7-8H,3,6,13H2,1-2H3,(H,14,16). The lowest BCUT2D eigenvalue weighted by molar-refractivity contribution is -0.129. The Morgan fingerprint density at radius 2 is 2.22 bits per heavy atom. The maximum atomic E-state index is 11.6. The number of pyridine rings is 1. The van der Waals surface area contributed by atoms with E-state index >= 15 is 0 Å². The Morgan fingerprint density at radius 3 is 2.78 bits per heavy atom. The fraction of sp³-hybridized carbons (Fsp3) is 0.417. The number of hydrogen-bond acceptors (Lipinski definition) is 5. The van der Waals surface area contributed by atoms with Gasteiger partial charge in [-0.3, -0.25) is 4.79 Å².